The first-order chi connectivity index (χ1) is 10.8. The topological polar surface area (TPSA) is 88.3 Å². The van der Waals surface area contributed by atoms with Crippen LogP contribution in [0.2, 0.25) is 0 Å². The van der Waals surface area contributed by atoms with Gasteiger partial charge >= 0.3 is 0 Å². The second-order valence-electron chi connectivity index (χ2n) is 6.86. The molecule has 128 valence electrons. The first-order valence-electron chi connectivity index (χ1n) is 8.09. The van der Waals surface area contributed by atoms with E-state index < -0.39 is 5.54 Å². The second kappa shape index (κ2) is 7.40. The fourth-order valence-corrected chi connectivity index (χ4v) is 3.85. The van der Waals surface area contributed by atoms with Gasteiger partial charge < -0.3 is 11.1 Å². The maximum atomic E-state index is 12.3. The molecule has 2 rings (SSSR count). The van der Waals surface area contributed by atoms with Crippen LogP contribution in [0.25, 0.3) is 0 Å². The van der Waals surface area contributed by atoms with Crippen LogP contribution in [0.1, 0.15) is 45.7 Å². The summed E-state index contributed by atoms with van der Waals surface area (Å²) in [6.45, 7) is 7.32. The third-order valence-electron chi connectivity index (χ3n) is 3.94. The van der Waals surface area contributed by atoms with Crippen LogP contribution in [-0.4, -0.2) is 35.4 Å². The monoisotopic (exact) mass is 338 g/mol. The van der Waals surface area contributed by atoms with Gasteiger partial charge in [-0.1, -0.05) is 13.8 Å². The lowest BCUT2D eigenvalue weighted by Gasteiger charge is -2.31. The minimum absolute atomic E-state index is 0.0804. The molecule has 1 unspecified atom stereocenters. The highest BCUT2D eigenvalue weighted by molar-refractivity contribution is 7.14. The van der Waals surface area contributed by atoms with Gasteiger partial charge in [0.25, 0.3) is 0 Å². The van der Waals surface area contributed by atoms with Crippen LogP contribution in [0.4, 0.5) is 5.13 Å². The Bertz CT molecular complexity index is 572. The van der Waals surface area contributed by atoms with Crippen molar-refractivity contribution < 1.29 is 9.59 Å². The number of carbonyl (C=O) groups excluding carboxylic acids is 2. The van der Waals surface area contributed by atoms with Crippen molar-refractivity contribution in [1.82, 2.24) is 10.3 Å². The summed E-state index contributed by atoms with van der Waals surface area (Å²) in [6.07, 6.45) is 2.50. The first-order valence-corrected chi connectivity index (χ1v) is 8.97. The van der Waals surface area contributed by atoms with Crippen LogP contribution in [0.15, 0.2) is 5.38 Å². The van der Waals surface area contributed by atoms with E-state index in [4.69, 9.17) is 5.73 Å². The standard InChI is InChI=1S/C16H26N4O2S/c1-11(2)8-16(3,10-17)19-13(21)7-12-9-23-15(18-12)20-6-4-5-14(20)22/h9,11H,4-8,10,17H2,1-3H3,(H,19,21). The van der Waals surface area contributed by atoms with Gasteiger partial charge in [-0.2, -0.15) is 0 Å². The summed E-state index contributed by atoms with van der Waals surface area (Å²) >= 11 is 1.42. The van der Waals surface area contributed by atoms with E-state index in [1.165, 1.54) is 11.3 Å². The molecule has 3 N–H and O–H groups in total. The zero-order valence-electron chi connectivity index (χ0n) is 14.1. The molecule has 23 heavy (non-hydrogen) atoms. The third kappa shape index (κ3) is 4.75. The highest BCUT2D eigenvalue weighted by atomic mass is 32.1. The van der Waals surface area contributed by atoms with Gasteiger partial charge in [0, 0.05) is 30.4 Å². The van der Waals surface area contributed by atoms with Crippen LogP contribution in [0, 0.1) is 5.92 Å². The molecule has 0 aromatic carbocycles. The second-order valence-corrected chi connectivity index (χ2v) is 7.69. The number of amides is 2. The van der Waals surface area contributed by atoms with Gasteiger partial charge in [-0.3, -0.25) is 14.5 Å². The van der Waals surface area contributed by atoms with Crippen molar-refractivity contribution in [3.63, 3.8) is 0 Å². The largest absolute Gasteiger partial charge is 0.349 e. The van der Waals surface area contributed by atoms with E-state index >= 15 is 0 Å². The Morgan fingerprint density at radius 1 is 1.57 bits per heavy atom. The number of rotatable bonds is 7. The summed E-state index contributed by atoms with van der Waals surface area (Å²) in [5.74, 6) is 0.488. The van der Waals surface area contributed by atoms with Crippen LogP contribution in [0.3, 0.4) is 0 Å². The smallest absolute Gasteiger partial charge is 0.228 e. The van der Waals surface area contributed by atoms with Crippen molar-refractivity contribution in [2.75, 3.05) is 18.0 Å². The zero-order chi connectivity index (χ0) is 17.0. The highest BCUT2D eigenvalue weighted by Crippen LogP contribution is 2.25. The first kappa shape index (κ1) is 17.9. The summed E-state index contributed by atoms with van der Waals surface area (Å²) in [6, 6.07) is 0. The number of hydrogen-bond acceptors (Lipinski definition) is 5. The normalized spacial score (nSPS) is 17.6. The predicted octanol–water partition coefficient (Wildman–Crippen LogP) is 1.69. The number of nitrogens with zero attached hydrogens (tertiary/aromatic N) is 2. The van der Waals surface area contributed by atoms with E-state index in [0.29, 0.717) is 29.7 Å². The third-order valence-corrected chi connectivity index (χ3v) is 4.85. The van der Waals surface area contributed by atoms with Crippen molar-refractivity contribution in [1.29, 1.82) is 0 Å². The molecule has 7 heteroatoms. The van der Waals surface area contributed by atoms with Crippen molar-refractivity contribution in [3.05, 3.63) is 11.1 Å². The lowest BCUT2D eigenvalue weighted by molar-refractivity contribution is -0.122. The Morgan fingerprint density at radius 3 is 2.87 bits per heavy atom. The molecule has 0 aliphatic carbocycles. The number of aromatic nitrogens is 1. The molecule has 0 bridgehead atoms. The molecule has 1 aromatic heterocycles. The maximum Gasteiger partial charge on any atom is 0.228 e. The summed E-state index contributed by atoms with van der Waals surface area (Å²) in [5.41, 5.74) is 6.13. The molecule has 2 heterocycles. The Kier molecular flexibility index (Phi) is 5.75. The number of carbonyl (C=O) groups is 2. The molecule has 0 radical (unpaired) electrons. The fourth-order valence-electron chi connectivity index (χ4n) is 2.98. The number of thiazole rings is 1. The average Bonchev–Trinajstić information content (AvgIpc) is 3.06. The molecule has 1 aromatic rings. The van der Waals surface area contributed by atoms with E-state index in [0.717, 1.165) is 19.4 Å². The van der Waals surface area contributed by atoms with Crippen LogP contribution in [-0.2, 0) is 16.0 Å². The summed E-state index contributed by atoms with van der Waals surface area (Å²) in [7, 11) is 0. The number of nitrogens with two attached hydrogens (primary N) is 1. The zero-order valence-corrected chi connectivity index (χ0v) is 14.9. The van der Waals surface area contributed by atoms with E-state index in [2.05, 4.69) is 24.1 Å². The van der Waals surface area contributed by atoms with Gasteiger partial charge in [0.15, 0.2) is 5.13 Å². The van der Waals surface area contributed by atoms with E-state index in [1.54, 1.807) is 4.90 Å². The number of anilines is 1. The van der Waals surface area contributed by atoms with Gasteiger partial charge in [0.05, 0.1) is 12.1 Å². The quantitative estimate of drug-likeness (QED) is 0.792. The van der Waals surface area contributed by atoms with Gasteiger partial charge in [0.2, 0.25) is 11.8 Å². The Morgan fingerprint density at radius 2 is 2.30 bits per heavy atom. The van der Waals surface area contributed by atoms with Crippen molar-refractivity contribution in [3.8, 4) is 0 Å². The van der Waals surface area contributed by atoms with Crippen molar-refractivity contribution in [2.45, 2.75) is 52.0 Å². The molecular formula is C16H26N4O2S. The predicted molar refractivity (Wildman–Crippen MR) is 92.5 cm³/mol. The molecule has 0 saturated carbocycles. The lowest BCUT2D eigenvalue weighted by atomic mass is 9.90. The maximum absolute atomic E-state index is 12.3. The van der Waals surface area contributed by atoms with E-state index in [1.807, 2.05) is 12.3 Å². The molecule has 2 amide bonds. The molecule has 1 saturated heterocycles. The van der Waals surface area contributed by atoms with Crippen molar-refractivity contribution in [2.24, 2.45) is 11.7 Å². The van der Waals surface area contributed by atoms with Crippen LogP contribution in [0.5, 0.6) is 0 Å². The SMILES string of the molecule is CC(C)CC(C)(CN)NC(=O)Cc1csc(N2CCCC2=O)n1. The lowest BCUT2D eigenvalue weighted by Crippen LogP contribution is -2.52. The van der Waals surface area contributed by atoms with Crippen LogP contribution >= 0.6 is 11.3 Å². The van der Waals surface area contributed by atoms with Gasteiger partial charge in [-0.15, -0.1) is 11.3 Å². The molecule has 1 atom stereocenters. The van der Waals surface area contributed by atoms with Crippen molar-refractivity contribution >= 4 is 28.3 Å². The summed E-state index contributed by atoms with van der Waals surface area (Å²) in [5, 5.41) is 5.57. The Labute approximate surface area is 141 Å². The fraction of sp³-hybridized carbons (Fsp3) is 0.688. The molecule has 1 fully saturated rings. The minimum atomic E-state index is -0.394. The molecule has 6 nitrogen and oxygen atoms in total. The highest BCUT2D eigenvalue weighted by Gasteiger charge is 2.27. The van der Waals surface area contributed by atoms with Gasteiger partial charge in [-0.05, 0) is 25.7 Å². The number of hydrogen-bond donors (Lipinski definition) is 2. The number of nitrogens with one attached hydrogen (secondary N) is 1. The van der Waals surface area contributed by atoms with E-state index in [-0.39, 0.29) is 18.2 Å². The summed E-state index contributed by atoms with van der Waals surface area (Å²) in [4.78, 5) is 30.1. The molecule has 0 spiro atoms. The molecular weight excluding hydrogens is 312 g/mol. The molecule has 1 aliphatic rings. The summed E-state index contributed by atoms with van der Waals surface area (Å²) < 4.78 is 0. The van der Waals surface area contributed by atoms with Gasteiger partial charge in [-0.25, -0.2) is 4.98 Å². The Hall–Kier alpha value is -1.47. The van der Waals surface area contributed by atoms with E-state index in [9.17, 15) is 9.59 Å². The van der Waals surface area contributed by atoms with Gasteiger partial charge in [0.1, 0.15) is 0 Å². The minimum Gasteiger partial charge on any atom is -0.349 e. The average molecular weight is 338 g/mol. The Balaban J connectivity index is 1.95. The van der Waals surface area contributed by atoms with Crippen LogP contribution < -0.4 is 16.0 Å². The molecule has 1 aliphatic heterocycles.